The fourth-order valence-electron chi connectivity index (χ4n) is 1.28. The van der Waals surface area contributed by atoms with E-state index in [2.05, 4.69) is 21.2 Å². The fourth-order valence-corrected chi connectivity index (χ4v) is 3.13. The molecule has 3 N–H and O–H groups in total. The molecule has 0 aliphatic rings. The number of carbonyl (C=O) groups is 1. The summed E-state index contributed by atoms with van der Waals surface area (Å²) in [5.74, 6) is -1.13. The summed E-state index contributed by atoms with van der Waals surface area (Å²) < 4.78 is 24.5. The van der Waals surface area contributed by atoms with E-state index in [-0.39, 0.29) is 10.6 Å². The summed E-state index contributed by atoms with van der Waals surface area (Å²) in [5, 5.41) is 2.43. The monoisotopic (exact) mass is 320 g/mol. The lowest BCUT2D eigenvalue weighted by Gasteiger charge is -2.07. The van der Waals surface area contributed by atoms with Gasteiger partial charge in [-0.2, -0.15) is 0 Å². The predicted molar refractivity (Wildman–Crippen MR) is 69.3 cm³/mol. The van der Waals surface area contributed by atoms with Gasteiger partial charge in [0.25, 0.3) is 0 Å². The highest BCUT2D eigenvalue weighted by molar-refractivity contribution is 9.10. The van der Waals surface area contributed by atoms with Crippen molar-refractivity contribution < 1.29 is 13.2 Å². The Morgan fingerprint density at radius 2 is 2.12 bits per heavy atom. The van der Waals surface area contributed by atoms with Crippen molar-refractivity contribution >= 4 is 37.4 Å². The zero-order valence-corrected chi connectivity index (χ0v) is 11.6. The van der Waals surface area contributed by atoms with Crippen molar-refractivity contribution in [1.82, 2.24) is 5.32 Å². The molecule has 0 saturated heterocycles. The second-order valence-electron chi connectivity index (χ2n) is 3.39. The van der Waals surface area contributed by atoms with Gasteiger partial charge in [-0.1, -0.05) is 15.9 Å². The molecule has 1 amide bonds. The van der Waals surface area contributed by atoms with Crippen molar-refractivity contribution in [1.29, 1.82) is 0 Å². The van der Waals surface area contributed by atoms with Crippen LogP contribution in [0.4, 0.5) is 5.69 Å². The molecule has 7 heteroatoms. The first-order valence-corrected chi connectivity index (χ1v) is 7.36. The molecule has 1 aromatic rings. The van der Waals surface area contributed by atoms with Crippen molar-refractivity contribution in [2.45, 2.75) is 11.8 Å². The minimum absolute atomic E-state index is 0.0295. The molecule has 17 heavy (non-hydrogen) atoms. The van der Waals surface area contributed by atoms with Crippen LogP contribution in [0, 0.1) is 0 Å². The Labute approximate surface area is 108 Å². The largest absolute Gasteiger partial charge is 0.398 e. The highest BCUT2D eigenvalue weighted by atomic mass is 79.9. The Kier molecular flexibility index (Phi) is 4.53. The van der Waals surface area contributed by atoms with Gasteiger partial charge in [0.05, 0.1) is 10.6 Å². The van der Waals surface area contributed by atoms with E-state index in [9.17, 15) is 13.2 Å². The molecule has 0 saturated carbocycles. The summed E-state index contributed by atoms with van der Waals surface area (Å²) in [6, 6.07) is 4.51. The SMILES string of the molecule is CCNC(=O)CS(=O)(=O)c1cc(Br)ccc1N. The molecular formula is C10H13BrN2O3S. The lowest BCUT2D eigenvalue weighted by Crippen LogP contribution is -2.30. The molecule has 0 aliphatic carbocycles. The van der Waals surface area contributed by atoms with Gasteiger partial charge in [0.15, 0.2) is 9.84 Å². The van der Waals surface area contributed by atoms with Gasteiger partial charge in [-0.25, -0.2) is 8.42 Å². The molecule has 0 fully saturated rings. The first kappa shape index (κ1) is 14.0. The second-order valence-corrected chi connectivity index (χ2v) is 6.27. The van der Waals surface area contributed by atoms with E-state index in [1.54, 1.807) is 13.0 Å². The minimum atomic E-state index is -3.70. The number of amides is 1. The molecule has 1 aromatic carbocycles. The van der Waals surface area contributed by atoms with Gasteiger partial charge in [0.2, 0.25) is 5.91 Å². The van der Waals surface area contributed by atoms with Crippen molar-refractivity contribution in [2.75, 3.05) is 18.0 Å². The van der Waals surface area contributed by atoms with Crippen LogP contribution in [0.3, 0.4) is 0 Å². The van der Waals surface area contributed by atoms with E-state index >= 15 is 0 Å². The summed E-state index contributed by atoms with van der Waals surface area (Å²) in [7, 11) is -3.70. The molecule has 0 atom stereocenters. The lowest BCUT2D eigenvalue weighted by molar-refractivity contribution is -0.118. The number of carbonyl (C=O) groups excluding carboxylic acids is 1. The highest BCUT2D eigenvalue weighted by Crippen LogP contribution is 2.23. The summed E-state index contributed by atoms with van der Waals surface area (Å²) >= 11 is 3.17. The zero-order valence-electron chi connectivity index (χ0n) is 9.23. The normalized spacial score (nSPS) is 11.2. The predicted octanol–water partition coefficient (Wildman–Crippen LogP) is 0.941. The van der Waals surface area contributed by atoms with E-state index in [1.165, 1.54) is 12.1 Å². The van der Waals surface area contributed by atoms with Gasteiger partial charge in [-0.15, -0.1) is 0 Å². The van der Waals surface area contributed by atoms with Gasteiger partial charge in [-0.3, -0.25) is 4.79 Å². The van der Waals surface area contributed by atoms with Crippen molar-refractivity contribution in [3.8, 4) is 0 Å². The Bertz CT molecular complexity index is 528. The maximum absolute atomic E-state index is 11.9. The van der Waals surface area contributed by atoms with Gasteiger partial charge < -0.3 is 11.1 Å². The topological polar surface area (TPSA) is 89.3 Å². The van der Waals surface area contributed by atoms with Crippen molar-refractivity contribution in [3.63, 3.8) is 0 Å². The van der Waals surface area contributed by atoms with E-state index in [0.717, 1.165) is 0 Å². The average molecular weight is 321 g/mol. The van der Waals surface area contributed by atoms with Crippen LogP contribution in [-0.2, 0) is 14.6 Å². The summed E-state index contributed by atoms with van der Waals surface area (Å²) in [5.41, 5.74) is 5.73. The summed E-state index contributed by atoms with van der Waals surface area (Å²) in [4.78, 5) is 11.3. The third-order valence-electron chi connectivity index (χ3n) is 2.01. The fraction of sp³-hybridized carbons (Fsp3) is 0.300. The number of anilines is 1. The number of hydrogen-bond acceptors (Lipinski definition) is 4. The van der Waals surface area contributed by atoms with Crippen molar-refractivity contribution in [3.05, 3.63) is 22.7 Å². The molecule has 0 aliphatic heterocycles. The molecular weight excluding hydrogens is 308 g/mol. The third kappa shape index (κ3) is 3.71. The molecule has 0 aromatic heterocycles. The Balaban J connectivity index is 3.05. The molecule has 1 rings (SSSR count). The summed E-state index contributed by atoms with van der Waals surface area (Å²) in [6.45, 7) is 2.11. The van der Waals surface area contributed by atoms with Gasteiger partial charge in [0.1, 0.15) is 5.75 Å². The number of benzene rings is 1. The number of halogens is 1. The first-order valence-electron chi connectivity index (χ1n) is 4.91. The highest BCUT2D eigenvalue weighted by Gasteiger charge is 2.21. The van der Waals surface area contributed by atoms with Crippen LogP contribution < -0.4 is 11.1 Å². The smallest absolute Gasteiger partial charge is 0.235 e. The molecule has 0 heterocycles. The average Bonchev–Trinajstić information content (AvgIpc) is 2.21. The Morgan fingerprint density at radius 1 is 1.47 bits per heavy atom. The number of hydrogen-bond donors (Lipinski definition) is 2. The van der Waals surface area contributed by atoms with Gasteiger partial charge >= 0.3 is 0 Å². The van der Waals surface area contributed by atoms with E-state index in [4.69, 9.17) is 5.73 Å². The molecule has 0 radical (unpaired) electrons. The maximum atomic E-state index is 11.9. The van der Waals surface area contributed by atoms with Crippen LogP contribution in [0.15, 0.2) is 27.6 Å². The Morgan fingerprint density at radius 3 is 2.71 bits per heavy atom. The number of nitrogens with one attached hydrogen (secondary N) is 1. The van der Waals surface area contributed by atoms with Crippen LogP contribution in [0.1, 0.15) is 6.92 Å². The van der Waals surface area contributed by atoms with E-state index < -0.39 is 21.5 Å². The number of nitrogen functional groups attached to an aromatic ring is 1. The standard InChI is InChI=1S/C10H13BrN2O3S/c1-2-13-10(14)6-17(15,16)9-5-7(11)3-4-8(9)12/h3-5H,2,6,12H2,1H3,(H,13,14). The molecule has 0 bridgehead atoms. The van der Waals surface area contributed by atoms with Gasteiger partial charge in [-0.05, 0) is 25.1 Å². The number of nitrogens with two attached hydrogens (primary N) is 1. The lowest BCUT2D eigenvalue weighted by atomic mass is 10.3. The van der Waals surface area contributed by atoms with E-state index in [0.29, 0.717) is 11.0 Å². The van der Waals surface area contributed by atoms with Crippen LogP contribution >= 0.6 is 15.9 Å². The van der Waals surface area contributed by atoms with Crippen LogP contribution in [0.25, 0.3) is 0 Å². The maximum Gasteiger partial charge on any atom is 0.235 e. The van der Waals surface area contributed by atoms with Gasteiger partial charge in [0, 0.05) is 11.0 Å². The third-order valence-corrected chi connectivity index (χ3v) is 4.16. The first-order chi connectivity index (χ1) is 7.86. The quantitative estimate of drug-likeness (QED) is 0.808. The summed E-state index contributed by atoms with van der Waals surface area (Å²) in [6.07, 6.45) is 0. The second kappa shape index (κ2) is 5.50. The zero-order chi connectivity index (χ0) is 13.1. The number of rotatable bonds is 4. The minimum Gasteiger partial charge on any atom is -0.398 e. The Hall–Kier alpha value is -1.08. The van der Waals surface area contributed by atoms with Crippen LogP contribution in [0.2, 0.25) is 0 Å². The molecule has 5 nitrogen and oxygen atoms in total. The molecule has 94 valence electrons. The molecule has 0 unspecified atom stereocenters. The number of sulfone groups is 1. The molecule has 0 spiro atoms. The van der Waals surface area contributed by atoms with E-state index in [1.807, 2.05) is 0 Å². The van der Waals surface area contributed by atoms with Crippen LogP contribution in [0.5, 0.6) is 0 Å². The van der Waals surface area contributed by atoms with Crippen LogP contribution in [-0.4, -0.2) is 26.6 Å². The van der Waals surface area contributed by atoms with Crippen molar-refractivity contribution in [2.24, 2.45) is 0 Å².